The lowest BCUT2D eigenvalue weighted by Gasteiger charge is -2.18. The minimum atomic E-state index is -0.334. The van der Waals surface area contributed by atoms with E-state index >= 15 is 0 Å². The normalized spacial score (nSPS) is 16.9. The zero-order valence-corrected chi connectivity index (χ0v) is 11.0. The third-order valence-corrected chi connectivity index (χ3v) is 3.35. The lowest BCUT2D eigenvalue weighted by Crippen LogP contribution is -2.26. The molecular weight excluding hydrogens is 231 g/mol. The Labute approximate surface area is 108 Å². The Kier molecular flexibility index (Phi) is 4.19. The molecule has 0 aliphatic heterocycles. The second kappa shape index (κ2) is 5.67. The van der Waals surface area contributed by atoms with Crippen LogP contribution >= 0.6 is 0 Å². The third kappa shape index (κ3) is 3.21. The van der Waals surface area contributed by atoms with Crippen molar-refractivity contribution in [3.8, 4) is 5.75 Å². The molecule has 4 heteroatoms. The van der Waals surface area contributed by atoms with Crippen molar-refractivity contribution in [3.05, 3.63) is 29.6 Å². The molecule has 1 saturated carbocycles. The van der Waals surface area contributed by atoms with Gasteiger partial charge in [-0.15, -0.1) is 0 Å². The minimum absolute atomic E-state index is 0.225. The average molecular weight is 252 g/mol. The predicted octanol–water partition coefficient (Wildman–Crippen LogP) is 2.32. The predicted molar refractivity (Wildman–Crippen MR) is 70.1 cm³/mol. The molecule has 0 saturated heterocycles. The summed E-state index contributed by atoms with van der Waals surface area (Å²) in [7, 11) is 2.08. The molecule has 1 aliphatic rings. The lowest BCUT2D eigenvalue weighted by molar-refractivity contribution is 0.223. The van der Waals surface area contributed by atoms with Gasteiger partial charge in [0.05, 0.1) is 0 Å². The van der Waals surface area contributed by atoms with Crippen LogP contribution < -0.4 is 10.5 Å². The van der Waals surface area contributed by atoms with Crippen LogP contribution in [-0.4, -0.2) is 31.1 Å². The Balaban J connectivity index is 1.94. The van der Waals surface area contributed by atoms with Gasteiger partial charge in [-0.2, -0.15) is 0 Å². The van der Waals surface area contributed by atoms with Gasteiger partial charge >= 0.3 is 0 Å². The van der Waals surface area contributed by atoms with E-state index in [0.29, 0.717) is 18.4 Å². The summed E-state index contributed by atoms with van der Waals surface area (Å²) < 4.78 is 19.3. The standard InChI is InChI=1S/C14H21FN2O/c1-10(16)12-4-3-5-13(15)14(12)18-9-8-17(2)11-6-7-11/h3-5,10-11H,6-9,16H2,1-2H3/t10-/m1/s1. The SMILES string of the molecule is C[C@@H](N)c1cccc(F)c1OCCN(C)C1CC1. The first-order chi connectivity index (χ1) is 8.59. The maximum atomic E-state index is 13.7. The minimum Gasteiger partial charge on any atom is -0.489 e. The van der Waals surface area contributed by atoms with Gasteiger partial charge in [0.25, 0.3) is 0 Å². The van der Waals surface area contributed by atoms with E-state index in [1.165, 1.54) is 18.9 Å². The molecule has 2 N–H and O–H groups in total. The second-order valence-electron chi connectivity index (χ2n) is 5.01. The van der Waals surface area contributed by atoms with Gasteiger partial charge in [-0.1, -0.05) is 12.1 Å². The van der Waals surface area contributed by atoms with Crippen molar-refractivity contribution >= 4 is 0 Å². The monoisotopic (exact) mass is 252 g/mol. The molecule has 0 bridgehead atoms. The highest BCUT2D eigenvalue weighted by atomic mass is 19.1. The Hall–Kier alpha value is -1.13. The van der Waals surface area contributed by atoms with E-state index < -0.39 is 0 Å². The quantitative estimate of drug-likeness (QED) is 0.844. The molecule has 1 fully saturated rings. The number of nitrogens with zero attached hydrogens (tertiary/aromatic N) is 1. The van der Waals surface area contributed by atoms with E-state index in [9.17, 15) is 4.39 Å². The molecule has 1 aliphatic carbocycles. The molecule has 0 radical (unpaired) electrons. The molecule has 1 aromatic rings. The number of ether oxygens (including phenoxy) is 1. The Morgan fingerprint density at radius 2 is 2.22 bits per heavy atom. The maximum absolute atomic E-state index is 13.7. The van der Waals surface area contributed by atoms with Gasteiger partial charge in [-0.25, -0.2) is 4.39 Å². The van der Waals surface area contributed by atoms with E-state index in [-0.39, 0.29) is 11.9 Å². The fourth-order valence-corrected chi connectivity index (χ4v) is 2.03. The first kappa shape index (κ1) is 13.3. The Bertz CT molecular complexity index is 405. The largest absolute Gasteiger partial charge is 0.489 e. The van der Waals surface area contributed by atoms with Crippen molar-refractivity contribution in [1.82, 2.24) is 4.90 Å². The van der Waals surface area contributed by atoms with Gasteiger partial charge < -0.3 is 15.4 Å². The van der Waals surface area contributed by atoms with Crippen LogP contribution in [0.3, 0.4) is 0 Å². The summed E-state index contributed by atoms with van der Waals surface area (Å²) in [4.78, 5) is 2.26. The van der Waals surface area contributed by atoms with Crippen LogP contribution in [0.2, 0.25) is 0 Å². The summed E-state index contributed by atoms with van der Waals surface area (Å²) in [6.07, 6.45) is 2.53. The topological polar surface area (TPSA) is 38.5 Å². The molecule has 0 heterocycles. The van der Waals surface area contributed by atoms with Crippen LogP contribution in [0, 0.1) is 5.82 Å². The molecule has 0 aromatic heterocycles. The van der Waals surface area contributed by atoms with Crippen molar-refractivity contribution in [2.24, 2.45) is 5.73 Å². The molecule has 0 amide bonds. The zero-order valence-electron chi connectivity index (χ0n) is 11.0. The number of para-hydroxylation sites is 1. The zero-order chi connectivity index (χ0) is 13.1. The van der Waals surface area contributed by atoms with Crippen molar-refractivity contribution in [2.75, 3.05) is 20.2 Å². The van der Waals surface area contributed by atoms with E-state index in [4.69, 9.17) is 10.5 Å². The fraction of sp³-hybridized carbons (Fsp3) is 0.571. The third-order valence-electron chi connectivity index (χ3n) is 3.35. The molecule has 100 valence electrons. The maximum Gasteiger partial charge on any atom is 0.165 e. The Morgan fingerprint density at radius 3 is 2.83 bits per heavy atom. The summed E-state index contributed by atoms with van der Waals surface area (Å²) >= 11 is 0. The lowest BCUT2D eigenvalue weighted by atomic mass is 10.1. The van der Waals surface area contributed by atoms with Gasteiger partial charge in [-0.3, -0.25) is 0 Å². The number of hydrogen-bond donors (Lipinski definition) is 1. The highest BCUT2D eigenvalue weighted by molar-refractivity contribution is 5.36. The number of nitrogens with two attached hydrogens (primary N) is 1. The Morgan fingerprint density at radius 1 is 1.50 bits per heavy atom. The van der Waals surface area contributed by atoms with E-state index in [1.807, 2.05) is 13.0 Å². The van der Waals surface area contributed by atoms with Crippen LogP contribution in [0.15, 0.2) is 18.2 Å². The highest BCUT2D eigenvalue weighted by Crippen LogP contribution is 2.28. The average Bonchev–Trinajstić information content (AvgIpc) is 3.14. The summed E-state index contributed by atoms with van der Waals surface area (Å²) in [6.45, 7) is 3.14. The molecule has 1 atom stereocenters. The molecule has 3 nitrogen and oxygen atoms in total. The van der Waals surface area contributed by atoms with Gasteiger partial charge in [0.2, 0.25) is 0 Å². The van der Waals surface area contributed by atoms with Gasteiger partial charge in [0.1, 0.15) is 6.61 Å². The molecule has 2 rings (SSSR count). The summed E-state index contributed by atoms with van der Waals surface area (Å²) in [5.74, 6) is -0.0319. The fourth-order valence-electron chi connectivity index (χ4n) is 2.03. The first-order valence-electron chi connectivity index (χ1n) is 6.46. The van der Waals surface area contributed by atoms with Gasteiger partial charge in [0.15, 0.2) is 11.6 Å². The van der Waals surface area contributed by atoms with Crippen LogP contribution in [0.25, 0.3) is 0 Å². The van der Waals surface area contributed by atoms with Gasteiger partial charge in [-0.05, 0) is 32.9 Å². The smallest absolute Gasteiger partial charge is 0.165 e. The number of rotatable bonds is 6. The summed E-state index contributed by atoms with van der Waals surface area (Å²) in [5.41, 5.74) is 6.54. The molecular formula is C14H21FN2O. The van der Waals surface area contributed by atoms with E-state index in [0.717, 1.165) is 12.1 Å². The first-order valence-corrected chi connectivity index (χ1v) is 6.46. The van der Waals surface area contributed by atoms with Crippen molar-refractivity contribution in [1.29, 1.82) is 0 Å². The molecule has 1 aromatic carbocycles. The van der Waals surface area contributed by atoms with Crippen LogP contribution in [0.4, 0.5) is 4.39 Å². The number of benzene rings is 1. The van der Waals surface area contributed by atoms with Crippen LogP contribution in [0.5, 0.6) is 5.75 Å². The van der Waals surface area contributed by atoms with Crippen molar-refractivity contribution in [3.63, 3.8) is 0 Å². The second-order valence-corrected chi connectivity index (χ2v) is 5.01. The number of halogens is 1. The van der Waals surface area contributed by atoms with E-state index in [2.05, 4.69) is 11.9 Å². The van der Waals surface area contributed by atoms with E-state index in [1.54, 1.807) is 6.07 Å². The number of hydrogen-bond acceptors (Lipinski definition) is 3. The highest BCUT2D eigenvalue weighted by Gasteiger charge is 2.25. The number of likely N-dealkylation sites (N-methyl/N-ethyl adjacent to an activating group) is 1. The summed E-state index contributed by atoms with van der Waals surface area (Å²) in [6, 6.07) is 5.36. The van der Waals surface area contributed by atoms with Gasteiger partial charge in [0, 0.05) is 24.2 Å². The van der Waals surface area contributed by atoms with Crippen molar-refractivity contribution in [2.45, 2.75) is 31.8 Å². The molecule has 0 unspecified atom stereocenters. The van der Waals surface area contributed by atoms with Crippen LogP contribution in [0.1, 0.15) is 31.4 Å². The summed E-state index contributed by atoms with van der Waals surface area (Å²) in [5, 5.41) is 0. The molecule has 0 spiro atoms. The molecule has 18 heavy (non-hydrogen) atoms. The van der Waals surface area contributed by atoms with Crippen LogP contribution in [-0.2, 0) is 0 Å². The van der Waals surface area contributed by atoms with Crippen molar-refractivity contribution < 1.29 is 9.13 Å².